The first-order valence-corrected chi connectivity index (χ1v) is 13.5. The van der Waals surface area contributed by atoms with Gasteiger partial charge in [-0.15, -0.1) is 0 Å². The van der Waals surface area contributed by atoms with E-state index < -0.39 is 0 Å². The van der Waals surface area contributed by atoms with Gasteiger partial charge in [0.1, 0.15) is 5.60 Å². The molecule has 5 rings (SSSR count). The van der Waals surface area contributed by atoms with Gasteiger partial charge in [-0.3, -0.25) is 0 Å². The predicted molar refractivity (Wildman–Crippen MR) is 123 cm³/mol. The van der Waals surface area contributed by atoms with E-state index in [1.807, 2.05) is 7.11 Å². The third kappa shape index (κ3) is 3.01. The third-order valence-corrected chi connectivity index (χ3v) is 11.6. The van der Waals surface area contributed by atoms with Crippen LogP contribution in [0.25, 0.3) is 0 Å². The first-order chi connectivity index (χ1) is 14.2. The van der Waals surface area contributed by atoms with E-state index in [4.69, 9.17) is 9.47 Å². The van der Waals surface area contributed by atoms with Gasteiger partial charge in [0.25, 0.3) is 0 Å². The Bertz CT molecular complexity index is 645. The minimum absolute atomic E-state index is 0.170. The molecule has 4 saturated carbocycles. The fourth-order valence-corrected chi connectivity index (χ4v) is 9.87. The normalized spacial score (nSPS) is 52.9. The largest absolute Gasteiger partial charge is 0.381 e. The molecule has 1 heterocycles. The van der Waals surface area contributed by atoms with Crippen LogP contribution in [0.4, 0.5) is 0 Å². The summed E-state index contributed by atoms with van der Waals surface area (Å²) in [4.78, 5) is 0. The average molecular weight is 417 g/mol. The molecule has 10 atom stereocenters. The molecule has 0 aromatic carbocycles. The summed E-state index contributed by atoms with van der Waals surface area (Å²) in [7, 11) is 1.90. The lowest BCUT2D eigenvalue weighted by molar-refractivity contribution is -0.121. The maximum Gasteiger partial charge on any atom is 0.103 e. The topological polar surface area (TPSA) is 21.8 Å². The first-order valence-electron chi connectivity index (χ1n) is 13.5. The summed E-state index contributed by atoms with van der Waals surface area (Å²) in [5, 5.41) is 0. The molecule has 2 nitrogen and oxygen atoms in total. The van der Waals surface area contributed by atoms with Crippen molar-refractivity contribution in [3.8, 4) is 0 Å². The summed E-state index contributed by atoms with van der Waals surface area (Å²) in [5.41, 5.74) is 1.16. The summed E-state index contributed by atoms with van der Waals surface area (Å²) < 4.78 is 12.5. The molecule has 1 aliphatic heterocycles. The van der Waals surface area contributed by atoms with Gasteiger partial charge >= 0.3 is 0 Å². The minimum atomic E-state index is 0.170. The van der Waals surface area contributed by atoms with Crippen LogP contribution >= 0.6 is 0 Å². The molecule has 0 aromatic rings. The van der Waals surface area contributed by atoms with E-state index in [2.05, 4.69) is 34.6 Å². The molecular formula is C28H48O2. The van der Waals surface area contributed by atoms with Crippen LogP contribution < -0.4 is 0 Å². The zero-order chi connectivity index (χ0) is 21.3. The Balaban J connectivity index is 1.32. The van der Waals surface area contributed by atoms with Gasteiger partial charge in [-0.25, -0.2) is 0 Å². The maximum absolute atomic E-state index is 6.65. The molecule has 0 radical (unpaired) electrons. The lowest BCUT2D eigenvalue weighted by Gasteiger charge is -2.59. The van der Waals surface area contributed by atoms with Crippen molar-refractivity contribution in [1.82, 2.24) is 0 Å². The van der Waals surface area contributed by atoms with Gasteiger partial charge in [0.05, 0.1) is 12.2 Å². The number of ether oxygens (including phenoxy) is 2. The Morgan fingerprint density at radius 1 is 0.967 bits per heavy atom. The Morgan fingerprint density at radius 3 is 2.50 bits per heavy atom. The Labute approximate surface area is 186 Å². The number of methoxy groups -OCH3 is 1. The van der Waals surface area contributed by atoms with E-state index in [1.165, 1.54) is 64.2 Å². The van der Waals surface area contributed by atoms with Crippen molar-refractivity contribution >= 4 is 0 Å². The second-order valence-corrected chi connectivity index (χ2v) is 13.2. The van der Waals surface area contributed by atoms with Crippen molar-refractivity contribution < 1.29 is 9.47 Å². The number of rotatable bonds is 6. The smallest absolute Gasteiger partial charge is 0.103 e. The zero-order valence-electron chi connectivity index (χ0n) is 20.7. The van der Waals surface area contributed by atoms with Crippen LogP contribution in [0.3, 0.4) is 0 Å². The molecule has 0 N–H and O–H groups in total. The van der Waals surface area contributed by atoms with E-state index in [1.54, 1.807) is 0 Å². The van der Waals surface area contributed by atoms with E-state index in [-0.39, 0.29) is 5.60 Å². The molecule has 4 aliphatic carbocycles. The van der Waals surface area contributed by atoms with Crippen LogP contribution in [0.5, 0.6) is 0 Å². The molecule has 1 saturated heterocycles. The highest BCUT2D eigenvalue weighted by Crippen LogP contribution is 2.74. The van der Waals surface area contributed by atoms with Gasteiger partial charge in [-0.1, -0.05) is 53.9 Å². The molecule has 1 spiro atoms. The number of hydrogen-bond donors (Lipinski definition) is 0. The molecular weight excluding hydrogens is 368 g/mol. The Kier molecular flexibility index (Phi) is 5.42. The van der Waals surface area contributed by atoms with E-state index >= 15 is 0 Å². The highest BCUT2D eigenvalue weighted by Gasteiger charge is 2.76. The molecule has 0 amide bonds. The van der Waals surface area contributed by atoms with E-state index in [9.17, 15) is 0 Å². The van der Waals surface area contributed by atoms with Gasteiger partial charge in [-0.05, 0) is 85.9 Å². The molecule has 2 heteroatoms. The maximum atomic E-state index is 6.65. The van der Waals surface area contributed by atoms with Crippen LogP contribution in [0.1, 0.15) is 105 Å². The molecule has 0 unspecified atom stereocenters. The minimum Gasteiger partial charge on any atom is -0.381 e. The van der Waals surface area contributed by atoms with Crippen LogP contribution in [-0.2, 0) is 9.47 Å². The zero-order valence-corrected chi connectivity index (χ0v) is 20.7. The van der Waals surface area contributed by atoms with Gasteiger partial charge in [-0.2, -0.15) is 0 Å². The summed E-state index contributed by atoms with van der Waals surface area (Å²) in [6.45, 7) is 12.7. The Morgan fingerprint density at radius 2 is 1.77 bits per heavy atom. The van der Waals surface area contributed by atoms with Crippen LogP contribution in [0.15, 0.2) is 0 Å². The van der Waals surface area contributed by atoms with Gasteiger partial charge < -0.3 is 9.47 Å². The monoisotopic (exact) mass is 416 g/mol. The predicted octanol–water partition coefficient (Wildman–Crippen LogP) is 7.25. The van der Waals surface area contributed by atoms with Gasteiger partial charge in [0.2, 0.25) is 0 Å². The Hall–Kier alpha value is -0.0800. The van der Waals surface area contributed by atoms with Gasteiger partial charge in [0.15, 0.2) is 0 Å². The molecule has 0 bridgehead atoms. The summed E-state index contributed by atoms with van der Waals surface area (Å²) in [6.07, 6.45) is 16.2. The molecule has 172 valence electrons. The standard InChI is InChI=1S/C28H48O2/c1-18(2)8-7-9-19(3)22-10-11-23-21-16-25-28(30-25)17-20(29-6)12-15-27(28,5)24(21)13-14-26(22,23)4/h18-25H,7-17H2,1-6H3/t19-,20-,21+,22+,23-,24-,25+,26-,27-,28+/m1/s1. The average Bonchev–Trinajstić information content (AvgIpc) is 3.28. The molecule has 5 aliphatic rings. The molecule has 30 heavy (non-hydrogen) atoms. The lowest BCUT2D eigenvalue weighted by Crippen LogP contribution is -2.58. The van der Waals surface area contributed by atoms with Crippen LogP contribution in [0.2, 0.25) is 0 Å². The summed E-state index contributed by atoms with van der Waals surface area (Å²) >= 11 is 0. The number of hydrogen-bond acceptors (Lipinski definition) is 2. The molecule has 5 fully saturated rings. The summed E-state index contributed by atoms with van der Waals surface area (Å²) in [5.74, 6) is 5.48. The van der Waals surface area contributed by atoms with Crippen molar-refractivity contribution in [3.05, 3.63) is 0 Å². The van der Waals surface area contributed by atoms with Crippen molar-refractivity contribution in [2.45, 2.75) is 123 Å². The van der Waals surface area contributed by atoms with Gasteiger partial charge in [0, 0.05) is 18.9 Å². The van der Waals surface area contributed by atoms with E-state index in [0.717, 1.165) is 41.9 Å². The summed E-state index contributed by atoms with van der Waals surface area (Å²) in [6, 6.07) is 0. The third-order valence-electron chi connectivity index (χ3n) is 11.6. The van der Waals surface area contributed by atoms with Crippen molar-refractivity contribution in [1.29, 1.82) is 0 Å². The fourth-order valence-electron chi connectivity index (χ4n) is 9.87. The van der Waals surface area contributed by atoms with Crippen LogP contribution in [0, 0.1) is 46.3 Å². The fraction of sp³-hybridized carbons (Fsp3) is 1.00. The van der Waals surface area contributed by atoms with Crippen molar-refractivity contribution in [2.24, 2.45) is 46.3 Å². The second-order valence-electron chi connectivity index (χ2n) is 13.2. The quantitative estimate of drug-likeness (QED) is 0.425. The second kappa shape index (κ2) is 7.47. The number of fused-ring (bicyclic) bond motifs is 4. The van der Waals surface area contributed by atoms with E-state index in [0.29, 0.717) is 23.0 Å². The first kappa shape index (κ1) is 21.7. The highest BCUT2D eigenvalue weighted by atomic mass is 16.6. The van der Waals surface area contributed by atoms with Crippen molar-refractivity contribution in [3.63, 3.8) is 0 Å². The van der Waals surface area contributed by atoms with Crippen molar-refractivity contribution in [2.75, 3.05) is 7.11 Å². The molecule has 0 aromatic heterocycles. The lowest BCUT2D eigenvalue weighted by atomic mass is 9.44. The number of epoxide rings is 1. The van der Waals surface area contributed by atoms with Crippen LogP contribution in [-0.4, -0.2) is 24.9 Å². The highest BCUT2D eigenvalue weighted by molar-refractivity contribution is 5.24. The SMILES string of the molecule is CO[C@@H]1CC[C@]2(C)[C@@H]3CC[C@@]4(C)[C@H](CC[C@H]4[C@H](C)CCCC(C)C)[C@@H]3C[C@@H]3O[C@@]32C1.